The maximum atomic E-state index is 10.9. The number of hydrogen-bond acceptors (Lipinski definition) is 4. The first-order valence-electron chi connectivity index (χ1n) is 3.24. The molecule has 2 atom stereocenters. The number of carbonyl (C=O) groups excluding carboxylic acids is 1. The summed E-state index contributed by atoms with van der Waals surface area (Å²) < 4.78 is 4.98. The molecule has 0 saturated carbocycles. The minimum atomic E-state index is -0.235. The molecule has 1 aliphatic heterocycles. The zero-order valence-electron chi connectivity index (χ0n) is 6.09. The summed E-state index contributed by atoms with van der Waals surface area (Å²) in [4.78, 5) is 15.4. The lowest BCUT2D eigenvalue weighted by atomic mass is 10.0. The number of nitrogens with one attached hydrogen (secondary N) is 1. The fourth-order valence-electron chi connectivity index (χ4n) is 0.821. The molecule has 4 heteroatoms. The number of carbonyl (C=O) groups is 1. The molecular weight excluding hydrogens is 134 g/mol. The van der Waals surface area contributed by atoms with Crippen LogP contribution < -0.4 is 5.48 Å². The zero-order valence-corrected chi connectivity index (χ0v) is 6.09. The van der Waals surface area contributed by atoms with Crippen LogP contribution in [0.1, 0.15) is 6.92 Å². The average molecular weight is 145 g/mol. The number of ether oxygens (including phenoxy) is 1. The predicted molar refractivity (Wildman–Crippen MR) is 34.1 cm³/mol. The quantitative estimate of drug-likeness (QED) is 0.542. The standard InChI is InChI=1S/C6H11NO3/c1-4-5(3-9-4)6(8)10-7-2/h4-5,7H,3H2,1-2H3. The van der Waals surface area contributed by atoms with Crippen molar-refractivity contribution < 1.29 is 14.4 Å². The maximum Gasteiger partial charge on any atom is 0.332 e. The summed E-state index contributed by atoms with van der Waals surface area (Å²) in [5.41, 5.74) is 2.33. The fourth-order valence-corrected chi connectivity index (χ4v) is 0.821. The fraction of sp³-hybridized carbons (Fsp3) is 0.833. The van der Waals surface area contributed by atoms with E-state index in [4.69, 9.17) is 4.74 Å². The molecule has 0 spiro atoms. The Labute approximate surface area is 59.5 Å². The van der Waals surface area contributed by atoms with Gasteiger partial charge in [0, 0.05) is 7.05 Å². The first-order chi connectivity index (χ1) is 4.75. The molecule has 1 aliphatic rings. The van der Waals surface area contributed by atoms with Crippen LogP contribution in [-0.2, 0) is 14.4 Å². The smallest absolute Gasteiger partial charge is 0.332 e. The maximum absolute atomic E-state index is 10.9. The van der Waals surface area contributed by atoms with Crippen LogP contribution in [0.25, 0.3) is 0 Å². The molecule has 1 heterocycles. The highest BCUT2D eigenvalue weighted by atomic mass is 16.7. The van der Waals surface area contributed by atoms with Gasteiger partial charge in [-0.05, 0) is 6.92 Å². The third-order valence-corrected chi connectivity index (χ3v) is 1.61. The Morgan fingerprint density at radius 1 is 1.80 bits per heavy atom. The molecule has 0 aromatic rings. The van der Waals surface area contributed by atoms with E-state index in [1.54, 1.807) is 7.05 Å². The van der Waals surface area contributed by atoms with Crippen molar-refractivity contribution in [2.24, 2.45) is 5.92 Å². The van der Waals surface area contributed by atoms with E-state index in [-0.39, 0.29) is 18.0 Å². The summed E-state index contributed by atoms with van der Waals surface area (Å²) in [5, 5.41) is 0. The second-order valence-corrected chi connectivity index (χ2v) is 2.27. The normalized spacial score (nSPS) is 31.0. The van der Waals surface area contributed by atoms with Crippen LogP contribution in [0.2, 0.25) is 0 Å². The molecular formula is C6H11NO3. The Balaban J connectivity index is 2.27. The van der Waals surface area contributed by atoms with Crippen LogP contribution in [0.4, 0.5) is 0 Å². The molecule has 0 aromatic heterocycles. The Kier molecular flexibility index (Phi) is 2.24. The second kappa shape index (κ2) is 2.98. The van der Waals surface area contributed by atoms with E-state index in [1.165, 1.54) is 0 Å². The second-order valence-electron chi connectivity index (χ2n) is 2.27. The van der Waals surface area contributed by atoms with Gasteiger partial charge in [0.05, 0.1) is 12.7 Å². The molecule has 10 heavy (non-hydrogen) atoms. The van der Waals surface area contributed by atoms with Crippen LogP contribution in [-0.4, -0.2) is 25.7 Å². The number of hydrogen-bond donors (Lipinski definition) is 1. The average Bonchev–Trinajstić information content (AvgIpc) is 1.85. The van der Waals surface area contributed by atoms with Gasteiger partial charge in [0.25, 0.3) is 0 Å². The summed E-state index contributed by atoms with van der Waals surface area (Å²) >= 11 is 0. The van der Waals surface area contributed by atoms with Gasteiger partial charge in [-0.25, -0.2) is 4.79 Å². The van der Waals surface area contributed by atoms with E-state index in [9.17, 15) is 4.79 Å². The van der Waals surface area contributed by atoms with E-state index in [0.717, 1.165) is 0 Å². The molecule has 0 aromatic carbocycles. The molecule has 1 saturated heterocycles. The zero-order chi connectivity index (χ0) is 7.56. The Hall–Kier alpha value is -0.610. The van der Waals surface area contributed by atoms with Crippen LogP contribution in [0.5, 0.6) is 0 Å². The highest BCUT2D eigenvalue weighted by molar-refractivity contribution is 5.73. The van der Waals surface area contributed by atoms with Gasteiger partial charge in [-0.1, -0.05) is 0 Å². The first kappa shape index (κ1) is 7.50. The van der Waals surface area contributed by atoms with Gasteiger partial charge in [0.1, 0.15) is 5.92 Å². The molecule has 0 bridgehead atoms. The summed E-state index contributed by atoms with van der Waals surface area (Å²) in [6, 6.07) is 0. The van der Waals surface area contributed by atoms with Crippen molar-refractivity contribution in [3.63, 3.8) is 0 Å². The molecule has 1 N–H and O–H groups in total. The van der Waals surface area contributed by atoms with Gasteiger partial charge < -0.3 is 9.57 Å². The SMILES string of the molecule is CNOC(=O)C1COC1C. The Bertz CT molecular complexity index is 137. The highest BCUT2D eigenvalue weighted by Gasteiger charge is 2.35. The van der Waals surface area contributed by atoms with Crippen molar-refractivity contribution in [3.05, 3.63) is 0 Å². The molecule has 0 radical (unpaired) electrons. The number of hydroxylamine groups is 1. The molecule has 0 amide bonds. The molecule has 0 aliphatic carbocycles. The first-order valence-corrected chi connectivity index (χ1v) is 3.24. The summed E-state index contributed by atoms with van der Waals surface area (Å²) in [5.74, 6) is -0.311. The van der Waals surface area contributed by atoms with Crippen molar-refractivity contribution >= 4 is 5.97 Å². The van der Waals surface area contributed by atoms with E-state index < -0.39 is 0 Å². The third kappa shape index (κ3) is 1.27. The van der Waals surface area contributed by atoms with E-state index in [1.807, 2.05) is 6.92 Å². The monoisotopic (exact) mass is 145 g/mol. The van der Waals surface area contributed by atoms with E-state index in [2.05, 4.69) is 10.3 Å². The van der Waals surface area contributed by atoms with Gasteiger partial charge in [-0.3, -0.25) is 0 Å². The highest BCUT2D eigenvalue weighted by Crippen LogP contribution is 2.20. The van der Waals surface area contributed by atoms with Gasteiger partial charge in [0.2, 0.25) is 0 Å². The summed E-state index contributed by atoms with van der Waals surface area (Å²) in [6.45, 7) is 2.34. The summed E-state index contributed by atoms with van der Waals surface area (Å²) in [7, 11) is 1.56. The largest absolute Gasteiger partial charge is 0.377 e. The van der Waals surface area contributed by atoms with Crippen molar-refractivity contribution in [2.45, 2.75) is 13.0 Å². The minimum absolute atomic E-state index is 0.0147. The molecule has 4 nitrogen and oxygen atoms in total. The summed E-state index contributed by atoms with van der Waals surface area (Å²) in [6.07, 6.45) is 0.0147. The Morgan fingerprint density at radius 3 is 2.80 bits per heavy atom. The van der Waals surface area contributed by atoms with Gasteiger partial charge >= 0.3 is 5.97 Å². The van der Waals surface area contributed by atoms with E-state index in [0.29, 0.717) is 6.61 Å². The predicted octanol–water partition coefficient (Wildman–Crippen LogP) is -0.301. The van der Waals surface area contributed by atoms with Crippen molar-refractivity contribution in [1.29, 1.82) is 0 Å². The van der Waals surface area contributed by atoms with Crippen LogP contribution in [0.15, 0.2) is 0 Å². The van der Waals surface area contributed by atoms with Crippen LogP contribution in [0, 0.1) is 5.92 Å². The molecule has 58 valence electrons. The van der Waals surface area contributed by atoms with Gasteiger partial charge in [-0.2, -0.15) is 5.48 Å². The molecule has 1 rings (SSSR count). The van der Waals surface area contributed by atoms with Gasteiger partial charge in [0.15, 0.2) is 0 Å². The third-order valence-electron chi connectivity index (χ3n) is 1.61. The topological polar surface area (TPSA) is 47.6 Å². The van der Waals surface area contributed by atoms with Crippen molar-refractivity contribution in [2.75, 3.05) is 13.7 Å². The molecule has 2 unspecified atom stereocenters. The minimum Gasteiger partial charge on any atom is -0.377 e. The van der Waals surface area contributed by atoms with Crippen LogP contribution >= 0.6 is 0 Å². The van der Waals surface area contributed by atoms with Crippen molar-refractivity contribution in [1.82, 2.24) is 5.48 Å². The lowest BCUT2D eigenvalue weighted by Gasteiger charge is -2.31. The lowest BCUT2D eigenvalue weighted by molar-refractivity contribution is -0.181. The van der Waals surface area contributed by atoms with E-state index >= 15 is 0 Å². The molecule has 1 fully saturated rings. The van der Waals surface area contributed by atoms with Gasteiger partial charge in [-0.15, -0.1) is 0 Å². The lowest BCUT2D eigenvalue weighted by Crippen LogP contribution is -2.44. The Morgan fingerprint density at radius 2 is 2.50 bits per heavy atom. The van der Waals surface area contributed by atoms with Crippen molar-refractivity contribution in [3.8, 4) is 0 Å². The van der Waals surface area contributed by atoms with Crippen LogP contribution in [0.3, 0.4) is 0 Å². The number of rotatable bonds is 2.